The molecule has 0 saturated carbocycles. The van der Waals surface area contributed by atoms with E-state index in [-0.39, 0.29) is 10.5 Å². The zero-order valence-electron chi connectivity index (χ0n) is 18.6. The van der Waals surface area contributed by atoms with Gasteiger partial charge in [0.25, 0.3) is 15.9 Å². The Bertz CT molecular complexity index is 1440. The van der Waals surface area contributed by atoms with E-state index in [0.717, 1.165) is 11.1 Å². The van der Waals surface area contributed by atoms with Crippen molar-refractivity contribution in [3.05, 3.63) is 102 Å². The van der Waals surface area contributed by atoms with E-state index >= 15 is 0 Å². The number of carbonyl (C=O) groups is 1. The van der Waals surface area contributed by atoms with Crippen LogP contribution in [0.3, 0.4) is 0 Å². The maximum absolute atomic E-state index is 12.9. The molecule has 0 unspecified atom stereocenters. The van der Waals surface area contributed by atoms with Gasteiger partial charge in [-0.15, -0.1) is 0 Å². The summed E-state index contributed by atoms with van der Waals surface area (Å²) in [5.41, 5.74) is 9.04. The van der Waals surface area contributed by atoms with E-state index in [2.05, 4.69) is 25.5 Å². The van der Waals surface area contributed by atoms with Gasteiger partial charge < -0.3 is 0 Å². The molecule has 0 saturated heterocycles. The molecular formula is C25H23N5O3S. The summed E-state index contributed by atoms with van der Waals surface area (Å²) in [6, 6.07) is 20.6. The minimum absolute atomic E-state index is 0.0109. The maximum Gasteiger partial charge on any atom is 0.269 e. The fourth-order valence-corrected chi connectivity index (χ4v) is 4.43. The van der Waals surface area contributed by atoms with Crippen LogP contribution in [0.1, 0.15) is 21.5 Å². The maximum atomic E-state index is 12.9. The first-order valence-electron chi connectivity index (χ1n) is 10.5. The van der Waals surface area contributed by atoms with E-state index in [1.807, 2.05) is 37.3 Å². The molecule has 9 heteroatoms. The van der Waals surface area contributed by atoms with Crippen molar-refractivity contribution in [3.8, 4) is 11.3 Å². The van der Waals surface area contributed by atoms with Crippen molar-refractivity contribution in [3.63, 3.8) is 0 Å². The lowest BCUT2D eigenvalue weighted by Crippen LogP contribution is -2.30. The topological polar surface area (TPSA) is 113 Å². The predicted molar refractivity (Wildman–Crippen MR) is 132 cm³/mol. The summed E-state index contributed by atoms with van der Waals surface area (Å²) in [4.78, 5) is 21.4. The number of rotatable bonds is 7. The molecule has 1 amide bonds. The normalized spacial score (nSPS) is 11.0. The summed E-state index contributed by atoms with van der Waals surface area (Å²) in [5, 5.41) is 0. The van der Waals surface area contributed by atoms with Gasteiger partial charge >= 0.3 is 0 Å². The number of nitrogens with one attached hydrogen (secondary N) is 3. The molecular weight excluding hydrogens is 450 g/mol. The Morgan fingerprint density at radius 1 is 0.882 bits per heavy atom. The van der Waals surface area contributed by atoms with Crippen molar-refractivity contribution >= 4 is 27.4 Å². The van der Waals surface area contributed by atoms with Crippen LogP contribution in [-0.2, 0) is 10.0 Å². The molecule has 0 atom stereocenters. The second-order valence-corrected chi connectivity index (χ2v) is 9.31. The van der Waals surface area contributed by atoms with E-state index in [4.69, 9.17) is 0 Å². The van der Waals surface area contributed by atoms with Crippen LogP contribution in [0.25, 0.3) is 11.3 Å². The third-order valence-electron chi connectivity index (χ3n) is 5.16. The largest absolute Gasteiger partial charge is 0.282 e. The van der Waals surface area contributed by atoms with E-state index in [1.54, 1.807) is 49.6 Å². The summed E-state index contributed by atoms with van der Waals surface area (Å²) in [6.07, 6.45) is 3.38. The van der Waals surface area contributed by atoms with E-state index in [0.29, 0.717) is 22.8 Å². The number of benzene rings is 2. The third-order valence-corrected chi connectivity index (χ3v) is 6.53. The lowest BCUT2D eigenvalue weighted by Gasteiger charge is -2.13. The summed E-state index contributed by atoms with van der Waals surface area (Å²) < 4.78 is 28.4. The molecule has 8 nitrogen and oxygen atoms in total. The van der Waals surface area contributed by atoms with Gasteiger partial charge in [-0.2, -0.15) is 0 Å². The minimum atomic E-state index is -3.88. The highest BCUT2D eigenvalue weighted by Crippen LogP contribution is 2.22. The lowest BCUT2D eigenvalue weighted by atomic mass is 10.1. The number of hydrazine groups is 1. The molecule has 4 rings (SSSR count). The second-order valence-electron chi connectivity index (χ2n) is 7.63. The van der Waals surface area contributed by atoms with Gasteiger partial charge in [0.15, 0.2) is 0 Å². The van der Waals surface area contributed by atoms with E-state index in [9.17, 15) is 13.2 Å². The second kappa shape index (κ2) is 9.72. The Kier molecular flexibility index (Phi) is 6.55. The van der Waals surface area contributed by atoms with Gasteiger partial charge in [-0.05, 0) is 67.4 Å². The van der Waals surface area contributed by atoms with Crippen molar-refractivity contribution in [2.45, 2.75) is 18.7 Å². The number of nitrogens with zero attached hydrogens (tertiary/aromatic N) is 2. The number of anilines is 2. The Morgan fingerprint density at radius 3 is 2.47 bits per heavy atom. The number of sulfonamides is 1. The molecule has 2 aromatic carbocycles. The number of carbonyl (C=O) groups excluding carboxylic acids is 1. The summed E-state index contributed by atoms with van der Waals surface area (Å²) in [7, 11) is -3.88. The first-order valence-corrected chi connectivity index (χ1v) is 11.9. The Morgan fingerprint density at radius 2 is 1.71 bits per heavy atom. The van der Waals surface area contributed by atoms with Crippen molar-refractivity contribution in [2.75, 3.05) is 10.1 Å². The molecule has 2 aromatic heterocycles. The highest BCUT2D eigenvalue weighted by Gasteiger charge is 2.19. The highest BCUT2D eigenvalue weighted by atomic mass is 32.2. The lowest BCUT2D eigenvalue weighted by molar-refractivity contribution is 0.0961. The average Bonchev–Trinajstić information content (AvgIpc) is 2.85. The molecule has 0 radical (unpaired) electrons. The summed E-state index contributed by atoms with van der Waals surface area (Å²) >= 11 is 0. The molecule has 0 aliphatic rings. The van der Waals surface area contributed by atoms with Crippen LogP contribution in [0.2, 0.25) is 0 Å². The fraction of sp³-hybridized carbons (Fsp3) is 0.0800. The van der Waals surface area contributed by atoms with Crippen LogP contribution in [0, 0.1) is 13.8 Å². The monoisotopic (exact) mass is 473 g/mol. The van der Waals surface area contributed by atoms with Gasteiger partial charge in [0.05, 0.1) is 16.3 Å². The van der Waals surface area contributed by atoms with Gasteiger partial charge in [0.2, 0.25) is 0 Å². The number of para-hydroxylation sites is 1. The Labute approximate surface area is 198 Å². The van der Waals surface area contributed by atoms with Crippen LogP contribution in [0.4, 0.5) is 11.5 Å². The van der Waals surface area contributed by atoms with Gasteiger partial charge in [-0.25, -0.2) is 13.4 Å². The van der Waals surface area contributed by atoms with Crippen molar-refractivity contribution in [1.29, 1.82) is 0 Å². The van der Waals surface area contributed by atoms with Gasteiger partial charge in [0.1, 0.15) is 5.82 Å². The van der Waals surface area contributed by atoms with Gasteiger partial charge in [-0.1, -0.05) is 30.3 Å². The van der Waals surface area contributed by atoms with Gasteiger partial charge in [0, 0.05) is 23.5 Å². The number of aromatic nitrogens is 2. The summed E-state index contributed by atoms with van der Waals surface area (Å²) in [6.45, 7) is 3.55. The molecule has 0 fully saturated rings. The van der Waals surface area contributed by atoms with Crippen molar-refractivity contribution in [2.24, 2.45) is 0 Å². The first-order chi connectivity index (χ1) is 16.3. The number of hydrogen-bond acceptors (Lipinski definition) is 6. The van der Waals surface area contributed by atoms with Crippen LogP contribution >= 0.6 is 0 Å². The Balaban J connectivity index is 1.51. The molecule has 0 bridgehead atoms. The minimum Gasteiger partial charge on any atom is -0.282 e. The third kappa shape index (κ3) is 5.21. The molecule has 172 valence electrons. The van der Waals surface area contributed by atoms with E-state index in [1.165, 1.54) is 12.1 Å². The molecule has 4 aromatic rings. The van der Waals surface area contributed by atoms with Crippen molar-refractivity contribution in [1.82, 2.24) is 15.4 Å². The fourth-order valence-electron chi connectivity index (χ4n) is 3.27. The SMILES string of the molecule is Cc1ccccc1NS(=O)(=O)c1ccc(C)c(C(=O)NNc2cccc(-c3cccnc3)n2)c1. The smallest absolute Gasteiger partial charge is 0.269 e. The quantitative estimate of drug-likeness (QED) is 0.345. The standard InChI is InChI=1S/C25H23N5O3S/c1-17-12-13-20(34(32,33)30-22-9-4-3-7-18(22)2)15-21(17)25(31)29-28-24-11-5-10-23(27-24)19-8-6-14-26-16-19/h3-16,30H,1-2H3,(H,27,28)(H,29,31). The number of hydrogen-bond donors (Lipinski definition) is 3. The number of amides is 1. The van der Waals surface area contributed by atoms with Crippen LogP contribution in [0.5, 0.6) is 0 Å². The number of pyridine rings is 2. The predicted octanol–water partition coefficient (Wildman–Crippen LogP) is 4.32. The molecule has 0 aliphatic heterocycles. The molecule has 34 heavy (non-hydrogen) atoms. The Hall–Kier alpha value is -4.24. The average molecular weight is 474 g/mol. The van der Waals surface area contributed by atoms with Crippen LogP contribution in [-0.4, -0.2) is 24.3 Å². The number of aryl methyl sites for hydroxylation is 2. The van der Waals surface area contributed by atoms with Crippen molar-refractivity contribution < 1.29 is 13.2 Å². The van der Waals surface area contributed by atoms with E-state index < -0.39 is 15.9 Å². The molecule has 0 spiro atoms. The highest BCUT2D eigenvalue weighted by molar-refractivity contribution is 7.92. The zero-order valence-corrected chi connectivity index (χ0v) is 19.4. The molecule has 0 aliphatic carbocycles. The van der Waals surface area contributed by atoms with Gasteiger partial charge in [-0.3, -0.25) is 25.4 Å². The molecule has 3 N–H and O–H groups in total. The zero-order chi connectivity index (χ0) is 24.1. The molecule has 2 heterocycles. The van der Waals surface area contributed by atoms with Crippen LogP contribution < -0.4 is 15.6 Å². The summed E-state index contributed by atoms with van der Waals surface area (Å²) in [5.74, 6) is -0.0589. The first kappa shape index (κ1) is 22.9. The van der Waals surface area contributed by atoms with Crippen LogP contribution in [0.15, 0.2) is 90.1 Å².